The number of hydrogen-bond acceptors (Lipinski definition) is 6. The lowest BCUT2D eigenvalue weighted by Crippen LogP contribution is -2.52. The molecule has 2 unspecified atom stereocenters. The van der Waals surface area contributed by atoms with Crippen molar-refractivity contribution in [3.8, 4) is 0 Å². The molecule has 1 N–H and O–H groups in total. The third-order valence-electron chi connectivity index (χ3n) is 3.79. The molecule has 2 saturated heterocycles. The molecule has 2 aliphatic rings. The van der Waals surface area contributed by atoms with E-state index in [1.165, 1.54) is 16.1 Å². The quantitative estimate of drug-likeness (QED) is 0.750. The maximum Gasteiger partial charge on any atom is 0.216 e. The minimum Gasteiger partial charge on any atom is -0.313 e. The van der Waals surface area contributed by atoms with Crippen LogP contribution in [0.1, 0.15) is 19.8 Å². The first-order valence-corrected chi connectivity index (χ1v) is 11.4. The summed E-state index contributed by atoms with van der Waals surface area (Å²) >= 11 is 1.51. The summed E-state index contributed by atoms with van der Waals surface area (Å²) in [6, 6.07) is -0.0421. The van der Waals surface area contributed by atoms with E-state index < -0.39 is 25.2 Å². The lowest BCUT2D eigenvalue weighted by molar-refractivity contribution is 0.400. The van der Waals surface area contributed by atoms with Crippen molar-refractivity contribution in [2.45, 2.75) is 31.2 Å². The normalized spacial score (nSPS) is 29.6. The van der Waals surface area contributed by atoms with E-state index in [0.717, 1.165) is 19.4 Å². The Kier molecular flexibility index (Phi) is 5.39. The predicted octanol–water partition coefficient (Wildman–Crippen LogP) is -0.122. The van der Waals surface area contributed by atoms with E-state index in [1.807, 2.05) is 0 Å². The van der Waals surface area contributed by atoms with Crippen LogP contribution in [-0.2, 0) is 19.9 Å². The van der Waals surface area contributed by atoms with Gasteiger partial charge < -0.3 is 5.32 Å². The molecule has 0 amide bonds. The minimum absolute atomic E-state index is 0.00734. The van der Waals surface area contributed by atoms with Crippen LogP contribution in [0.25, 0.3) is 0 Å². The molecule has 0 radical (unpaired) electrons. The van der Waals surface area contributed by atoms with Crippen molar-refractivity contribution in [3.63, 3.8) is 0 Å². The Morgan fingerprint density at radius 2 is 2.05 bits per heavy atom. The zero-order valence-corrected chi connectivity index (χ0v) is 14.1. The van der Waals surface area contributed by atoms with Crippen LogP contribution in [0.5, 0.6) is 0 Å². The smallest absolute Gasteiger partial charge is 0.216 e. The zero-order valence-electron chi connectivity index (χ0n) is 11.6. The Hall–Kier alpha value is 0.170. The molecule has 0 aromatic rings. The highest BCUT2D eigenvalue weighted by Crippen LogP contribution is 2.25. The molecule has 2 rings (SSSR count). The van der Waals surface area contributed by atoms with Crippen molar-refractivity contribution < 1.29 is 16.8 Å². The van der Waals surface area contributed by atoms with Gasteiger partial charge in [-0.05, 0) is 19.4 Å². The third kappa shape index (κ3) is 3.68. The van der Waals surface area contributed by atoms with Crippen LogP contribution in [0.3, 0.4) is 0 Å². The molecular formula is C11H22N2O4S3. The van der Waals surface area contributed by atoms with Gasteiger partial charge in [0.1, 0.15) is 5.37 Å². The van der Waals surface area contributed by atoms with Crippen molar-refractivity contribution in [2.75, 3.05) is 36.1 Å². The summed E-state index contributed by atoms with van der Waals surface area (Å²) in [5, 5.41) is 2.27. The first-order valence-electron chi connectivity index (χ1n) is 6.89. The van der Waals surface area contributed by atoms with Crippen LogP contribution in [0.15, 0.2) is 0 Å². The summed E-state index contributed by atoms with van der Waals surface area (Å²) in [5.41, 5.74) is 0. The topological polar surface area (TPSA) is 83.6 Å². The number of nitrogens with one attached hydrogen (secondary N) is 1. The standard InChI is InChI=1S/C11H22N2O4S3/c1-2-19(14,15)11-8-18-7-6-13(11)20(16,17)9-10-4-3-5-12-10/h10-12H,2-9H2,1H3. The van der Waals surface area contributed by atoms with E-state index in [9.17, 15) is 16.8 Å². The van der Waals surface area contributed by atoms with Crippen LogP contribution in [0, 0.1) is 0 Å². The van der Waals surface area contributed by atoms with Gasteiger partial charge in [0.25, 0.3) is 0 Å². The largest absolute Gasteiger partial charge is 0.313 e. The molecule has 0 aliphatic carbocycles. The van der Waals surface area contributed by atoms with Gasteiger partial charge >= 0.3 is 0 Å². The SMILES string of the molecule is CCS(=O)(=O)C1CSCCN1S(=O)(=O)CC1CCCN1. The highest BCUT2D eigenvalue weighted by Gasteiger charge is 2.40. The third-order valence-corrected chi connectivity index (χ3v) is 9.18. The summed E-state index contributed by atoms with van der Waals surface area (Å²) in [6.45, 7) is 2.70. The van der Waals surface area contributed by atoms with E-state index in [4.69, 9.17) is 0 Å². The van der Waals surface area contributed by atoms with E-state index >= 15 is 0 Å². The average Bonchev–Trinajstić information content (AvgIpc) is 2.91. The van der Waals surface area contributed by atoms with Gasteiger partial charge in [0.05, 0.1) is 5.75 Å². The summed E-state index contributed by atoms with van der Waals surface area (Å²) in [6.07, 6.45) is 1.82. The van der Waals surface area contributed by atoms with E-state index in [-0.39, 0.29) is 17.5 Å². The van der Waals surface area contributed by atoms with Crippen LogP contribution >= 0.6 is 11.8 Å². The van der Waals surface area contributed by atoms with Crippen LogP contribution in [0.4, 0.5) is 0 Å². The number of nitrogens with zero attached hydrogens (tertiary/aromatic N) is 1. The maximum absolute atomic E-state index is 12.5. The van der Waals surface area contributed by atoms with Crippen LogP contribution in [0.2, 0.25) is 0 Å². The molecule has 20 heavy (non-hydrogen) atoms. The molecule has 0 spiro atoms. The molecule has 9 heteroatoms. The first-order chi connectivity index (χ1) is 9.37. The van der Waals surface area contributed by atoms with E-state index in [2.05, 4.69) is 5.32 Å². The second-order valence-corrected chi connectivity index (χ2v) is 10.7. The highest BCUT2D eigenvalue weighted by molar-refractivity contribution is 8.01. The van der Waals surface area contributed by atoms with Crippen molar-refractivity contribution in [1.82, 2.24) is 9.62 Å². The molecule has 0 bridgehead atoms. The van der Waals surface area contributed by atoms with Gasteiger partial charge in [-0.3, -0.25) is 0 Å². The average molecular weight is 343 g/mol. The Morgan fingerprint density at radius 1 is 1.30 bits per heavy atom. The van der Waals surface area contributed by atoms with Gasteiger partial charge in [0.15, 0.2) is 9.84 Å². The van der Waals surface area contributed by atoms with Gasteiger partial charge in [-0.1, -0.05) is 6.92 Å². The molecule has 118 valence electrons. The van der Waals surface area contributed by atoms with E-state index in [0.29, 0.717) is 18.1 Å². The molecular weight excluding hydrogens is 320 g/mol. The number of sulfone groups is 1. The predicted molar refractivity (Wildman–Crippen MR) is 82.1 cm³/mol. The molecule has 0 aromatic carbocycles. The van der Waals surface area contributed by atoms with Gasteiger partial charge in [-0.2, -0.15) is 16.1 Å². The van der Waals surface area contributed by atoms with Crippen molar-refractivity contribution in [1.29, 1.82) is 0 Å². The molecule has 0 aromatic heterocycles. The van der Waals surface area contributed by atoms with Crippen molar-refractivity contribution in [2.24, 2.45) is 0 Å². The fraction of sp³-hybridized carbons (Fsp3) is 1.00. The van der Waals surface area contributed by atoms with Gasteiger partial charge in [-0.25, -0.2) is 16.8 Å². The molecule has 2 fully saturated rings. The molecule has 0 saturated carbocycles. The number of sulfonamides is 1. The van der Waals surface area contributed by atoms with Gasteiger partial charge in [0.2, 0.25) is 10.0 Å². The lowest BCUT2D eigenvalue weighted by Gasteiger charge is -2.34. The molecule has 2 aliphatic heterocycles. The second kappa shape index (κ2) is 6.51. The first kappa shape index (κ1) is 16.5. The van der Waals surface area contributed by atoms with E-state index in [1.54, 1.807) is 6.92 Å². The fourth-order valence-electron chi connectivity index (χ4n) is 2.61. The molecule has 6 nitrogen and oxygen atoms in total. The Bertz CT molecular complexity index is 526. The fourth-order valence-corrected chi connectivity index (χ4v) is 8.23. The van der Waals surface area contributed by atoms with Crippen LogP contribution < -0.4 is 5.32 Å². The van der Waals surface area contributed by atoms with Crippen molar-refractivity contribution >= 4 is 31.6 Å². The van der Waals surface area contributed by atoms with Gasteiger partial charge in [0, 0.05) is 29.8 Å². The Balaban J connectivity index is 2.18. The summed E-state index contributed by atoms with van der Waals surface area (Å²) in [5.74, 6) is 0.986. The van der Waals surface area contributed by atoms with Gasteiger partial charge in [-0.15, -0.1) is 0 Å². The second-order valence-electron chi connectivity index (χ2n) is 5.16. The Morgan fingerprint density at radius 3 is 2.65 bits per heavy atom. The van der Waals surface area contributed by atoms with Crippen molar-refractivity contribution in [3.05, 3.63) is 0 Å². The highest BCUT2D eigenvalue weighted by atomic mass is 32.2. The van der Waals surface area contributed by atoms with Crippen LogP contribution in [-0.4, -0.2) is 68.7 Å². The molecule has 2 heterocycles. The maximum atomic E-state index is 12.5. The lowest BCUT2D eigenvalue weighted by atomic mass is 10.3. The summed E-state index contributed by atoms with van der Waals surface area (Å²) in [4.78, 5) is 0. The number of rotatable bonds is 5. The number of thioether (sulfide) groups is 1. The summed E-state index contributed by atoms with van der Waals surface area (Å²) < 4.78 is 50.5. The number of hydrogen-bond donors (Lipinski definition) is 1. The summed E-state index contributed by atoms with van der Waals surface area (Å²) in [7, 11) is -6.91. The monoisotopic (exact) mass is 342 g/mol. The minimum atomic E-state index is -3.53. The molecule has 2 atom stereocenters. The Labute approximate surface area is 125 Å². The zero-order chi connectivity index (χ0) is 14.8.